The highest BCUT2D eigenvalue weighted by molar-refractivity contribution is 5.94. The third-order valence-electron chi connectivity index (χ3n) is 2.90. The van der Waals surface area contributed by atoms with Crippen molar-refractivity contribution in [3.05, 3.63) is 35.1 Å². The molecule has 8 heteroatoms. The van der Waals surface area contributed by atoms with E-state index in [2.05, 4.69) is 4.74 Å². The summed E-state index contributed by atoms with van der Waals surface area (Å²) in [4.78, 5) is 24.5. The Labute approximate surface area is 125 Å². The van der Waals surface area contributed by atoms with Crippen LogP contribution in [-0.2, 0) is 14.3 Å². The normalized spacial score (nSPS) is 10.4. The van der Waals surface area contributed by atoms with Crippen molar-refractivity contribution in [1.29, 1.82) is 0 Å². The third kappa shape index (κ3) is 4.73. The largest absolute Gasteiger partial charge is 0.469 e. The summed E-state index contributed by atoms with van der Waals surface area (Å²) in [5.41, 5.74) is -0.350. The molecule has 0 saturated heterocycles. The first-order chi connectivity index (χ1) is 10.4. The summed E-state index contributed by atoms with van der Waals surface area (Å²) in [6.45, 7) is 0.251. The molecule has 0 aliphatic heterocycles. The summed E-state index contributed by atoms with van der Waals surface area (Å²) in [6, 6.07) is 1.22. The van der Waals surface area contributed by atoms with E-state index in [0.717, 1.165) is 0 Å². The lowest BCUT2D eigenvalue weighted by Crippen LogP contribution is -2.36. The summed E-state index contributed by atoms with van der Waals surface area (Å²) in [5.74, 6) is -5.83. The molecule has 0 atom stereocenters. The maximum atomic E-state index is 13.2. The first-order valence-electron chi connectivity index (χ1n) is 6.40. The molecule has 0 aliphatic carbocycles. The Hall–Kier alpha value is -2.09. The Morgan fingerprint density at radius 1 is 1.09 bits per heavy atom. The molecule has 0 radical (unpaired) electrons. The SMILES string of the molecule is COCCN(CCC(=O)OC)C(=O)c1cc(F)c(F)c(F)c1. The number of rotatable bonds is 7. The van der Waals surface area contributed by atoms with Gasteiger partial charge in [-0.05, 0) is 12.1 Å². The molecule has 0 fully saturated rings. The lowest BCUT2D eigenvalue weighted by Gasteiger charge is -2.22. The van der Waals surface area contributed by atoms with E-state index in [1.807, 2.05) is 0 Å². The van der Waals surface area contributed by atoms with Crippen molar-refractivity contribution in [2.45, 2.75) is 6.42 Å². The minimum Gasteiger partial charge on any atom is -0.469 e. The van der Waals surface area contributed by atoms with Crippen molar-refractivity contribution in [2.24, 2.45) is 0 Å². The van der Waals surface area contributed by atoms with E-state index >= 15 is 0 Å². The van der Waals surface area contributed by atoms with E-state index in [9.17, 15) is 22.8 Å². The molecule has 0 saturated carbocycles. The fourth-order valence-corrected chi connectivity index (χ4v) is 1.71. The monoisotopic (exact) mass is 319 g/mol. The zero-order valence-electron chi connectivity index (χ0n) is 12.2. The predicted octanol–water partition coefficient (Wildman–Crippen LogP) is 1.76. The van der Waals surface area contributed by atoms with Crippen molar-refractivity contribution in [2.75, 3.05) is 33.9 Å². The van der Waals surface area contributed by atoms with E-state index in [1.165, 1.54) is 19.1 Å². The maximum Gasteiger partial charge on any atom is 0.307 e. The topological polar surface area (TPSA) is 55.8 Å². The summed E-state index contributed by atoms with van der Waals surface area (Å²) >= 11 is 0. The minimum absolute atomic E-state index is 0.0184. The Bertz CT molecular complexity index is 528. The smallest absolute Gasteiger partial charge is 0.307 e. The Morgan fingerprint density at radius 2 is 1.68 bits per heavy atom. The number of carbonyl (C=O) groups is 2. The molecule has 0 aliphatic rings. The lowest BCUT2D eigenvalue weighted by atomic mass is 10.1. The highest BCUT2D eigenvalue weighted by atomic mass is 19.2. The van der Waals surface area contributed by atoms with E-state index in [4.69, 9.17) is 4.74 Å². The van der Waals surface area contributed by atoms with Gasteiger partial charge in [-0.15, -0.1) is 0 Å². The second-order valence-electron chi connectivity index (χ2n) is 4.37. The molecule has 22 heavy (non-hydrogen) atoms. The van der Waals surface area contributed by atoms with Gasteiger partial charge in [0, 0.05) is 25.8 Å². The Balaban J connectivity index is 2.92. The minimum atomic E-state index is -1.64. The van der Waals surface area contributed by atoms with Crippen LogP contribution in [0.15, 0.2) is 12.1 Å². The molecule has 1 amide bonds. The first kappa shape index (κ1) is 18.0. The van der Waals surface area contributed by atoms with Crippen LogP contribution in [0.25, 0.3) is 0 Å². The number of nitrogens with zero attached hydrogens (tertiary/aromatic N) is 1. The van der Waals surface area contributed by atoms with Crippen LogP contribution < -0.4 is 0 Å². The zero-order valence-corrected chi connectivity index (χ0v) is 12.2. The number of hydrogen-bond donors (Lipinski definition) is 0. The molecular weight excluding hydrogens is 303 g/mol. The number of halogens is 3. The van der Waals surface area contributed by atoms with Crippen LogP contribution in [0, 0.1) is 17.5 Å². The summed E-state index contributed by atoms with van der Waals surface area (Å²) < 4.78 is 48.6. The molecule has 0 N–H and O–H groups in total. The Kier molecular flexibility index (Phi) is 6.84. The molecule has 0 unspecified atom stereocenters. The van der Waals surface area contributed by atoms with Crippen molar-refractivity contribution in [3.63, 3.8) is 0 Å². The van der Waals surface area contributed by atoms with Gasteiger partial charge in [-0.1, -0.05) is 0 Å². The number of esters is 1. The predicted molar refractivity (Wildman–Crippen MR) is 70.7 cm³/mol. The van der Waals surface area contributed by atoms with Crippen LogP contribution in [0.5, 0.6) is 0 Å². The molecule has 0 bridgehead atoms. The standard InChI is InChI=1S/C14H16F3NO4/c1-21-6-5-18(4-3-12(19)22-2)14(20)9-7-10(15)13(17)11(16)8-9/h7-8H,3-6H2,1-2H3. The molecular formula is C14H16F3NO4. The molecule has 0 spiro atoms. The van der Waals surface area contributed by atoms with Gasteiger partial charge in [0.25, 0.3) is 5.91 Å². The van der Waals surface area contributed by atoms with Crippen LogP contribution in [0.1, 0.15) is 16.8 Å². The van der Waals surface area contributed by atoms with Gasteiger partial charge in [0.05, 0.1) is 20.1 Å². The van der Waals surface area contributed by atoms with Crippen LogP contribution >= 0.6 is 0 Å². The maximum absolute atomic E-state index is 13.2. The summed E-state index contributed by atoms with van der Waals surface area (Å²) in [6.07, 6.45) is -0.0852. The van der Waals surface area contributed by atoms with Crippen molar-refractivity contribution >= 4 is 11.9 Å². The van der Waals surface area contributed by atoms with Crippen LogP contribution in [-0.4, -0.2) is 50.7 Å². The molecule has 0 aromatic heterocycles. The number of benzene rings is 1. The van der Waals surface area contributed by atoms with Crippen LogP contribution in [0.2, 0.25) is 0 Å². The number of hydrogen-bond acceptors (Lipinski definition) is 4. The van der Waals surface area contributed by atoms with Gasteiger partial charge >= 0.3 is 5.97 Å². The molecule has 1 rings (SSSR count). The number of amides is 1. The van der Waals surface area contributed by atoms with Crippen molar-refractivity contribution in [3.8, 4) is 0 Å². The quantitative estimate of drug-likeness (QED) is 0.568. The van der Waals surface area contributed by atoms with Gasteiger partial charge in [-0.25, -0.2) is 13.2 Å². The summed E-state index contributed by atoms with van der Waals surface area (Å²) in [5, 5.41) is 0. The molecule has 1 aromatic rings. The van der Waals surface area contributed by atoms with Gasteiger partial charge in [0.2, 0.25) is 0 Å². The first-order valence-corrected chi connectivity index (χ1v) is 6.40. The summed E-state index contributed by atoms with van der Waals surface area (Å²) in [7, 11) is 2.62. The third-order valence-corrected chi connectivity index (χ3v) is 2.90. The highest BCUT2D eigenvalue weighted by Gasteiger charge is 2.20. The molecule has 0 heterocycles. The second kappa shape index (κ2) is 8.38. The van der Waals surface area contributed by atoms with E-state index < -0.39 is 29.3 Å². The second-order valence-corrected chi connectivity index (χ2v) is 4.37. The zero-order chi connectivity index (χ0) is 16.7. The number of methoxy groups -OCH3 is 2. The van der Waals surface area contributed by atoms with E-state index in [0.29, 0.717) is 12.1 Å². The number of carbonyl (C=O) groups excluding carboxylic acids is 2. The van der Waals surface area contributed by atoms with Crippen LogP contribution in [0.4, 0.5) is 13.2 Å². The van der Waals surface area contributed by atoms with Gasteiger partial charge in [-0.2, -0.15) is 0 Å². The van der Waals surface area contributed by atoms with Gasteiger partial charge in [-0.3, -0.25) is 9.59 Å². The lowest BCUT2D eigenvalue weighted by molar-refractivity contribution is -0.140. The van der Waals surface area contributed by atoms with Gasteiger partial charge < -0.3 is 14.4 Å². The Morgan fingerprint density at radius 3 is 2.18 bits per heavy atom. The van der Waals surface area contributed by atoms with E-state index in [-0.39, 0.29) is 31.7 Å². The molecule has 5 nitrogen and oxygen atoms in total. The van der Waals surface area contributed by atoms with Crippen molar-refractivity contribution in [1.82, 2.24) is 4.90 Å². The van der Waals surface area contributed by atoms with Crippen molar-refractivity contribution < 1.29 is 32.2 Å². The van der Waals surface area contributed by atoms with Gasteiger partial charge in [0.1, 0.15) is 0 Å². The van der Waals surface area contributed by atoms with Crippen LogP contribution in [0.3, 0.4) is 0 Å². The average Bonchev–Trinajstić information content (AvgIpc) is 2.51. The van der Waals surface area contributed by atoms with Gasteiger partial charge in [0.15, 0.2) is 17.5 Å². The van der Waals surface area contributed by atoms with E-state index in [1.54, 1.807) is 0 Å². The molecule has 1 aromatic carbocycles. The number of ether oxygens (including phenoxy) is 2. The average molecular weight is 319 g/mol. The fourth-order valence-electron chi connectivity index (χ4n) is 1.71. The highest BCUT2D eigenvalue weighted by Crippen LogP contribution is 2.15. The fraction of sp³-hybridized carbons (Fsp3) is 0.429. The molecule has 122 valence electrons.